The predicted octanol–water partition coefficient (Wildman–Crippen LogP) is 14.1. The van der Waals surface area contributed by atoms with Crippen molar-refractivity contribution in [2.45, 2.75) is 84.0 Å². The van der Waals surface area contributed by atoms with Crippen LogP contribution in [0.2, 0.25) is 0 Å². The molecular formula is C61H53BN2. The molecule has 0 amide bonds. The van der Waals surface area contributed by atoms with Gasteiger partial charge in [-0.15, -0.1) is 0 Å². The zero-order valence-corrected chi connectivity index (χ0v) is 38.5. The second kappa shape index (κ2) is 12.4. The van der Waals surface area contributed by atoms with Crippen LogP contribution >= 0.6 is 0 Å². The van der Waals surface area contributed by atoms with Crippen LogP contribution in [0.3, 0.4) is 0 Å². The van der Waals surface area contributed by atoms with E-state index in [2.05, 4.69) is 218 Å². The molecule has 1 aliphatic heterocycles. The molecule has 1 N–H and O–H groups in total. The van der Waals surface area contributed by atoms with Gasteiger partial charge in [-0.3, -0.25) is 0 Å². The van der Waals surface area contributed by atoms with Crippen LogP contribution in [0.25, 0.3) is 72.0 Å². The maximum atomic E-state index is 4.02. The molecule has 3 heteroatoms. The van der Waals surface area contributed by atoms with Crippen LogP contribution in [-0.4, -0.2) is 11.8 Å². The van der Waals surface area contributed by atoms with Gasteiger partial charge in [0.1, 0.15) is 0 Å². The van der Waals surface area contributed by atoms with Crippen LogP contribution in [0.1, 0.15) is 101 Å². The third-order valence-corrected chi connectivity index (χ3v) is 16.2. The van der Waals surface area contributed by atoms with Crippen LogP contribution in [0, 0.1) is 0 Å². The molecule has 13 rings (SSSR count). The predicted molar refractivity (Wildman–Crippen MR) is 274 cm³/mol. The van der Waals surface area contributed by atoms with E-state index in [9.17, 15) is 0 Å². The van der Waals surface area contributed by atoms with E-state index in [1.807, 2.05) is 0 Å². The molecule has 8 aromatic carbocycles. The molecule has 0 bridgehead atoms. The Morgan fingerprint density at radius 3 is 1.58 bits per heavy atom. The molecule has 2 nitrogen and oxygen atoms in total. The molecule has 1 aromatic heterocycles. The SMILES string of the molecule is CC(C)(C)c1ccc(Nc2cc3c(cc2-c2ccc4c5cc6c(cc5n5c4c2Bc2cc4c(cc2-5)-c2ccccc2C4(C)C)C(C)(C)c2ccccc2-6)-c2ccccc2C3(C)C)cc1. The summed E-state index contributed by atoms with van der Waals surface area (Å²) in [5.41, 5.74) is 29.2. The summed E-state index contributed by atoms with van der Waals surface area (Å²) in [6, 6.07) is 56.4. The smallest absolute Gasteiger partial charge is 0.198 e. The number of aromatic nitrogens is 1. The topological polar surface area (TPSA) is 17.0 Å². The summed E-state index contributed by atoms with van der Waals surface area (Å²) in [6.45, 7) is 21.3. The standard InChI is InChI=1S/C61H53BN2/c1-58(2,3)34-22-24-35(25-23-34)63-53-32-50-41(36-16-10-13-19-46(36)60(50,6)7)28-44(53)39-26-27-40-45-29-42-37-17-11-14-20-47(37)61(8,9)51(42)33-54(45)64-55-30-43-38-18-12-15-21-48(38)59(4,5)49(43)31-52(55)62-56(39)57(40)64/h10-33,62-63H,1-9H3. The van der Waals surface area contributed by atoms with Gasteiger partial charge >= 0.3 is 0 Å². The first-order valence-corrected chi connectivity index (χ1v) is 23.3. The number of nitrogens with zero attached hydrogens (tertiary/aromatic N) is 1. The van der Waals surface area contributed by atoms with Crippen LogP contribution in [0.15, 0.2) is 146 Å². The third kappa shape index (κ3) is 4.88. The molecule has 9 aromatic rings. The molecule has 2 heterocycles. The first-order chi connectivity index (χ1) is 30.6. The average Bonchev–Trinajstić information content (AvgIpc) is 3.89. The lowest BCUT2D eigenvalue weighted by molar-refractivity contribution is 0.590. The fourth-order valence-electron chi connectivity index (χ4n) is 12.7. The van der Waals surface area contributed by atoms with Gasteiger partial charge in [0.05, 0.1) is 5.52 Å². The molecule has 310 valence electrons. The van der Waals surface area contributed by atoms with E-state index < -0.39 is 0 Å². The van der Waals surface area contributed by atoms with E-state index in [-0.39, 0.29) is 21.7 Å². The Labute approximate surface area is 378 Å². The Bertz CT molecular complexity index is 3550. The lowest BCUT2D eigenvalue weighted by atomic mass is 9.58. The van der Waals surface area contributed by atoms with E-state index >= 15 is 0 Å². The third-order valence-electron chi connectivity index (χ3n) is 16.2. The highest BCUT2D eigenvalue weighted by Crippen LogP contribution is 2.55. The Morgan fingerprint density at radius 1 is 0.453 bits per heavy atom. The Balaban J connectivity index is 1.11. The number of fused-ring (bicyclic) bond motifs is 14. The number of nitrogens with one attached hydrogen (secondary N) is 1. The highest BCUT2D eigenvalue weighted by molar-refractivity contribution is 6.73. The van der Waals surface area contributed by atoms with Crippen molar-refractivity contribution < 1.29 is 0 Å². The summed E-state index contributed by atoms with van der Waals surface area (Å²) in [5, 5.41) is 6.67. The zero-order valence-electron chi connectivity index (χ0n) is 38.5. The maximum absolute atomic E-state index is 4.02. The normalized spacial score (nSPS) is 16.1. The molecular weight excluding hydrogens is 771 g/mol. The summed E-state index contributed by atoms with van der Waals surface area (Å²) in [5.74, 6) is 0. The zero-order chi connectivity index (χ0) is 43.8. The van der Waals surface area contributed by atoms with Gasteiger partial charge in [0.15, 0.2) is 7.28 Å². The lowest BCUT2D eigenvalue weighted by Gasteiger charge is -2.28. The van der Waals surface area contributed by atoms with E-state index in [1.165, 1.54) is 122 Å². The minimum Gasteiger partial charge on any atom is -0.355 e. The molecule has 0 radical (unpaired) electrons. The van der Waals surface area contributed by atoms with Crippen molar-refractivity contribution >= 4 is 51.4 Å². The van der Waals surface area contributed by atoms with Gasteiger partial charge in [-0.1, -0.05) is 171 Å². The van der Waals surface area contributed by atoms with Gasteiger partial charge in [-0.2, -0.15) is 0 Å². The Kier molecular flexibility index (Phi) is 7.33. The van der Waals surface area contributed by atoms with Gasteiger partial charge < -0.3 is 9.88 Å². The van der Waals surface area contributed by atoms with E-state index in [4.69, 9.17) is 0 Å². The molecule has 0 atom stereocenters. The van der Waals surface area contributed by atoms with Crippen LogP contribution in [0.5, 0.6) is 0 Å². The molecule has 4 aliphatic rings. The van der Waals surface area contributed by atoms with Crippen molar-refractivity contribution in [3.63, 3.8) is 0 Å². The van der Waals surface area contributed by atoms with Crippen LogP contribution in [-0.2, 0) is 21.7 Å². The highest BCUT2D eigenvalue weighted by atomic mass is 15.0. The summed E-state index contributed by atoms with van der Waals surface area (Å²) in [7, 11) is 0.852. The van der Waals surface area contributed by atoms with Gasteiger partial charge in [0.25, 0.3) is 0 Å². The van der Waals surface area contributed by atoms with Crippen molar-refractivity contribution in [2.24, 2.45) is 0 Å². The Hall–Kier alpha value is -6.58. The average molecular weight is 825 g/mol. The highest BCUT2D eigenvalue weighted by Gasteiger charge is 2.41. The molecule has 3 aliphatic carbocycles. The molecule has 0 saturated heterocycles. The number of hydrogen-bond acceptors (Lipinski definition) is 1. The molecule has 0 saturated carbocycles. The van der Waals surface area contributed by atoms with Crippen molar-refractivity contribution in [1.29, 1.82) is 0 Å². The summed E-state index contributed by atoms with van der Waals surface area (Å²) in [4.78, 5) is 0. The van der Waals surface area contributed by atoms with Crippen LogP contribution < -0.4 is 16.2 Å². The first kappa shape index (κ1) is 37.9. The molecule has 0 unspecified atom stereocenters. The van der Waals surface area contributed by atoms with Gasteiger partial charge in [0.2, 0.25) is 0 Å². The minimum absolute atomic E-state index is 0.0806. The van der Waals surface area contributed by atoms with Crippen LogP contribution in [0.4, 0.5) is 11.4 Å². The monoisotopic (exact) mass is 824 g/mol. The number of hydrogen-bond donors (Lipinski definition) is 1. The number of benzene rings is 8. The molecule has 0 spiro atoms. The first-order valence-electron chi connectivity index (χ1n) is 23.3. The summed E-state index contributed by atoms with van der Waals surface area (Å²) in [6.07, 6.45) is 0. The van der Waals surface area contributed by atoms with Crippen molar-refractivity contribution in [2.75, 3.05) is 5.32 Å². The largest absolute Gasteiger partial charge is 0.355 e. The summed E-state index contributed by atoms with van der Waals surface area (Å²) >= 11 is 0. The van der Waals surface area contributed by atoms with Gasteiger partial charge in [-0.05, 0) is 131 Å². The van der Waals surface area contributed by atoms with Gasteiger partial charge in [0, 0.05) is 55.2 Å². The fraction of sp³-hybridized carbons (Fsp3) is 0.213. The number of anilines is 2. The van der Waals surface area contributed by atoms with Crippen molar-refractivity contribution in [3.8, 4) is 50.2 Å². The van der Waals surface area contributed by atoms with Crippen molar-refractivity contribution in [3.05, 3.63) is 185 Å². The van der Waals surface area contributed by atoms with E-state index in [0.29, 0.717) is 0 Å². The second-order valence-electron chi connectivity index (χ2n) is 21.8. The minimum atomic E-state index is -0.127. The maximum Gasteiger partial charge on any atom is 0.198 e. The fourth-order valence-corrected chi connectivity index (χ4v) is 12.7. The van der Waals surface area contributed by atoms with Gasteiger partial charge in [-0.25, -0.2) is 0 Å². The quantitative estimate of drug-likeness (QED) is 0.176. The summed E-state index contributed by atoms with van der Waals surface area (Å²) < 4.78 is 2.67. The molecule has 0 fully saturated rings. The Morgan fingerprint density at radius 2 is 0.984 bits per heavy atom. The molecule has 64 heavy (non-hydrogen) atoms. The number of rotatable bonds is 3. The van der Waals surface area contributed by atoms with E-state index in [1.54, 1.807) is 0 Å². The van der Waals surface area contributed by atoms with Crippen molar-refractivity contribution in [1.82, 2.24) is 4.57 Å². The second-order valence-corrected chi connectivity index (χ2v) is 21.8. The lowest BCUT2D eigenvalue weighted by Crippen LogP contribution is -2.38. The van der Waals surface area contributed by atoms with E-state index in [0.717, 1.165) is 18.7 Å².